The minimum absolute atomic E-state index is 0.253. The number of nitrogens with zero attached hydrogens (tertiary/aromatic N) is 1. The molecule has 20 heavy (non-hydrogen) atoms. The maximum atomic E-state index is 12.3. The number of halogens is 2. The summed E-state index contributed by atoms with van der Waals surface area (Å²) in [6.45, 7) is 1.94. The Hall–Kier alpha value is -1.58. The number of benzene rings is 2. The largest absolute Gasteiger partial charge is 0.321 e. The van der Waals surface area contributed by atoms with Crippen molar-refractivity contribution in [3.8, 4) is 6.07 Å². The third-order valence-corrected chi connectivity index (χ3v) is 4.45. The van der Waals surface area contributed by atoms with Crippen LogP contribution in [0.4, 0.5) is 5.69 Å². The third-order valence-electron chi connectivity index (χ3n) is 2.79. The standard InChI is InChI=1S/C15H10ClIN2O/c1-9-3-2-4-12(14(9)17)15(20)19-13-7-11(16)6-5-10(13)8-18/h2-7H,1H3,(H,19,20). The second kappa shape index (κ2) is 6.25. The molecule has 0 aliphatic heterocycles. The maximum Gasteiger partial charge on any atom is 0.256 e. The molecule has 1 amide bonds. The van der Waals surface area contributed by atoms with Gasteiger partial charge in [-0.2, -0.15) is 5.26 Å². The van der Waals surface area contributed by atoms with Gasteiger partial charge in [0, 0.05) is 8.59 Å². The number of nitrogens with one attached hydrogen (secondary N) is 1. The van der Waals surface area contributed by atoms with Crippen molar-refractivity contribution in [3.05, 3.63) is 61.7 Å². The molecule has 0 fully saturated rings. The molecule has 0 aromatic heterocycles. The predicted octanol–water partition coefficient (Wildman–Crippen LogP) is 4.38. The summed E-state index contributed by atoms with van der Waals surface area (Å²) in [6.07, 6.45) is 0. The molecular weight excluding hydrogens is 387 g/mol. The summed E-state index contributed by atoms with van der Waals surface area (Å²) in [4.78, 5) is 12.3. The van der Waals surface area contributed by atoms with E-state index in [2.05, 4.69) is 27.9 Å². The van der Waals surface area contributed by atoms with E-state index in [0.717, 1.165) is 9.13 Å². The normalized spacial score (nSPS) is 9.90. The van der Waals surface area contributed by atoms with Crippen molar-refractivity contribution in [3.63, 3.8) is 0 Å². The highest BCUT2D eigenvalue weighted by Crippen LogP contribution is 2.23. The lowest BCUT2D eigenvalue weighted by atomic mass is 10.1. The van der Waals surface area contributed by atoms with Crippen molar-refractivity contribution in [1.82, 2.24) is 0 Å². The van der Waals surface area contributed by atoms with Crippen LogP contribution in [0.2, 0.25) is 5.02 Å². The average molecular weight is 397 g/mol. The van der Waals surface area contributed by atoms with Crippen molar-refractivity contribution < 1.29 is 4.79 Å². The van der Waals surface area contributed by atoms with Crippen LogP contribution >= 0.6 is 34.2 Å². The summed E-state index contributed by atoms with van der Waals surface area (Å²) in [7, 11) is 0. The Morgan fingerprint density at radius 2 is 2.10 bits per heavy atom. The second-order valence-electron chi connectivity index (χ2n) is 4.19. The quantitative estimate of drug-likeness (QED) is 0.766. The molecule has 0 saturated heterocycles. The Bertz CT molecular complexity index is 722. The Morgan fingerprint density at radius 3 is 2.80 bits per heavy atom. The zero-order chi connectivity index (χ0) is 14.7. The molecule has 0 radical (unpaired) electrons. The van der Waals surface area contributed by atoms with Crippen LogP contribution in [0, 0.1) is 21.8 Å². The molecule has 2 aromatic rings. The van der Waals surface area contributed by atoms with Gasteiger partial charge >= 0.3 is 0 Å². The van der Waals surface area contributed by atoms with Gasteiger partial charge < -0.3 is 5.32 Å². The summed E-state index contributed by atoms with van der Waals surface area (Å²) < 4.78 is 0.892. The van der Waals surface area contributed by atoms with E-state index in [0.29, 0.717) is 21.8 Å². The van der Waals surface area contributed by atoms with E-state index in [-0.39, 0.29) is 5.91 Å². The molecule has 0 aliphatic carbocycles. The number of nitriles is 1. The number of amides is 1. The van der Waals surface area contributed by atoms with Crippen molar-refractivity contribution in [1.29, 1.82) is 5.26 Å². The van der Waals surface area contributed by atoms with E-state index >= 15 is 0 Å². The predicted molar refractivity (Wildman–Crippen MR) is 88.0 cm³/mol. The van der Waals surface area contributed by atoms with Crippen molar-refractivity contribution >= 4 is 45.8 Å². The van der Waals surface area contributed by atoms with Gasteiger partial charge in [0.15, 0.2) is 0 Å². The van der Waals surface area contributed by atoms with E-state index in [1.165, 1.54) is 0 Å². The Balaban J connectivity index is 2.35. The van der Waals surface area contributed by atoms with Gasteiger partial charge in [-0.1, -0.05) is 23.7 Å². The molecule has 0 spiro atoms. The molecule has 2 rings (SSSR count). The van der Waals surface area contributed by atoms with Gasteiger partial charge in [-0.05, 0) is 59.3 Å². The molecule has 0 heterocycles. The van der Waals surface area contributed by atoms with Crippen LogP contribution in [0.25, 0.3) is 0 Å². The van der Waals surface area contributed by atoms with Gasteiger partial charge in [0.2, 0.25) is 0 Å². The van der Waals surface area contributed by atoms with Gasteiger partial charge in [-0.25, -0.2) is 0 Å². The Morgan fingerprint density at radius 1 is 1.35 bits per heavy atom. The van der Waals surface area contributed by atoms with E-state index < -0.39 is 0 Å². The first-order chi connectivity index (χ1) is 9.52. The zero-order valence-electron chi connectivity index (χ0n) is 10.6. The lowest BCUT2D eigenvalue weighted by Crippen LogP contribution is -2.14. The van der Waals surface area contributed by atoms with Crippen LogP contribution in [-0.2, 0) is 0 Å². The number of carbonyl (C=O) groups is 1. The molecule has 0 aliphatic rings. The highest BCUT2D eigenvalue weighted by Gasteiger charge is 2.13. The van der Waals surface area contributed by atoms with Gasteiger partial charge in [0.25, 0.3) is 5.91 Å². The van der Waals surface area contributed by atoms with Gasteiger partial charge in [-0.3, -0.25) is 4.79 Å². The molecule has 0 saturated carbocycles. The number of rotatable bonds is 2. The van der Waals surface area contributed by atoms with Gasteiger partial charge in [0.05, 0.1) is 16.8 Å². The first-order valence-electron chi connectivity index (χ1n) is 5.79. The third kappa shape index (κ3) is 3.11. The summed E-state index contributed by atoms with van der Waals surface area (Å²) in [5, 5.41) is 12.3. The fourth-order valence-corrected chi connectivity index (χ4v) is 2.51. The number of aryl methyl sites for hydroxylation is 1. The van der Waals surface area contributed by atoms with Crippen LogP contribution < -0.4 is 5.32 Å². The average Bonchev–Trinajstić information content (AvgIpc) is 2.42. The van der Waals surface area contributed by atoms with Crippen molar-refractivity contribution in [2.24, 2.45) is 0 Å². The van der Waals surface area contributed by atoms with Gasteiger partial charge in [-0.15, -0.1) is 0 Å². The fourth-order valence-electron chi connectivity index (χ4n) is 1.73. The maximum absolute atomic E-state index is 12.3. The minimum atomic E-state index is -0.253. The topological polar surface area (TPSA) is 52.9 Å². The lowest BCUT2D eigenvalue weighted by Gasteiger charge is -2.10. The number of carbonyl (C=O) groups excluding carboxylic acids is 1. The van der Waals surface area contributed by atoms with Crippen molar-refractivity contribution in [2.75, 3.05) is 5.32 Å². The van der Waals surface area contributed by atoms with E-state index in [1.54, 1.807) is 24.3 Å². The van der Waals surface area contributed by atoms with Crippen LogP contribution in [0.15, 0.2) is 36.4 Å². The Labute approximate surface area is 135 Å². The molecule has 100 valence electrons. The smallest absolute Gasteiger partial charge is 0.256 e. The number of anilines is 1. The number of hydrogen-bond donors (Lipinski definition) is 1. The molecule has 5 heteroatoms. The van der Waals surface area contributed by atoms with Crippen LogP contribution in [-0.4, -0.2) is 5.91 Å². The summed E-state index contributed by atoms with van der Waals surface area (Å²) in [5.74, 6) is -0.253. The second-order valence-corrected chi connectivity index (χ2v) is 5.71. The molecule has 2 aromatic carbocycles. The first kappa shape index (κ1) is 14.8. The minimum Gasteiger partial charge on any atom is -0.321 e. The summed E-state index contributed by atoms with van der Waals surface area (Å²) >= 11 is 8.03. The molecule has 0 unspecified atom stereocenters. The Kier molecular flexibility index (Phi) is 4.63. The van der Waals surface area contributed by atoms with Crippen LogP contribution in [0.3, 0.4) is 0 Å². The molecule has 3 nitrogen and oxygen atoms in total. The van der Waals surface area contributed by atoms with Gasteiger partial charge in [0.1, 0.15) is 6.07 Å². The highest BCUT2D eigenvalue weighted by atomic mass is 127. The molecule has 0 atom stereocenters. The highest BCUT2D eigenvalue weighted by molar-refractivity contribution is 14.1. The zero-order valence-corrected chi connectivity index (χ0v) is 13.5. The molecular formula is C15H10ClIN2O. The lowest BCUT2D eigenvalue weighted by molar-refractivity contribution is 0.102. The van der Waals surface area contributed by atoms with Crippen molar-refractivity contribution in [2.45, 2.75) is 6.92 Å². The molecule has 0 bridgehead atoms. The SMILES string of the molecule is Cc1cccc(C(=O)Nc2cc(Cl)ccc2C#N)c1I. The molecule has 1 N–H and O–H groups in total. The van der Waals surface area contributed by atoms with E-state index in [1.807, 2.05) is 25.1 Å². The summed E-state index contributed by atoms with van der Waals surface area (Å²) in [5.41, 5.74) is 2.41. The van der Waals surface area contributed by atoms with E-state index in [9.17, 15) is 4.79 Å². The fraction of sp³-hybridized carbons (Fsp3) is 0.0667. The first-order valence-corrected chi connectivity index (χ1v) is 7.24. The monoisotopic (exact) mass is 396 g/mol. The van der Waals surface area contributed by atoms with Crippen LogP contribution in [0.5, 0.6) is 0 Å². The summed E-state index contributed by atoms with van der Waals surface area (Å²) in [6, 6.07) is 12.3. The van der Waals surface area contributed by atoms with Crippen LogP contribution in [0.1, 0.15) is 21.5 Å². The number of hydrogen-bond acceptors (Lipinski definition) is 2. The van der Waals surface area contributed by atoms with E-state index in [4.69, 9.17) is 16.9 Å².